The normalized spacial score (nSPS) is 18.4. The summed E-state index contributed by atoms with van der Waals surface area (Å²) in [5, 5.41) is 0.0183. The largest absolute Gasteiger partial charge is 0.481 e. The van der Waals surface area contributed by atoms with Crippen molar-refractivity contribution < 1.29 is 18.7 Å². The minimum absolute atomic E-state index is 0.0183. The van der Waals surface area contributed by atoms with Gasteiger partial charge < -0.3 is 19.1 Å². The van der Waals surface area contributed by atoms with Gasteiger partial charge in [-0.05, 0) is 56.4 Å². The van der Waals surface area contributed by atoms with Crippen molar-refractivity contribution >= 4 is 23.4 Å². The maximum Gasteiger partial charge on any atom is 0.272 e. The molecule has 3 aliphatic rings. The number of fused-ring (bicyclic) bond motifs is 3. The molecule has 4 heterocycles. The van der Waals surface area contributed by atoms with E-state index in [2.05, 4.69) is 9.55 Å². The number of aryl methyl sites for hydroxylation is 2. The first kappa shape index (κ1) is 25.8. The van der Waals surface area contributed by atoms with Gasteiger partial charge in [0, 0.05) is 44.6 Å². The Morgan fingerprint density at radius 1 is 1.13 bits per heavy atom. The van der Waals surface area contributed by atoms with Crippen molar-refractivity contribution in [2.24, 2.45) is 0 Å². The third kappa shape index (κ3) is 4.88. The zero-order chi connectivity index (χ0) is 27.3. The first-order chi connectivity index (χ1) is 18.8. The number of benzene rings is 1. The first-order valence-electron chi connectivity index (χ1n) is 13.5. The fourth-order valence-electron chi connectivity index (χ4n) is 5.67. The Morgan fingerprint density at radius 3 is 2.69 bits per heavy atom. The van der Waals surface area contributed by atoms with Crippen LogP contribution in [0.3, 0.4) is 0 Å². The summed E-state index contributed by atoms with van der Waals surface area (Å²) in [6.45, 7) is 2.76. The average Bonchev–Trinajstić information content (AvgIpc) is 3.71. The molecule has 0 spiro atoms. The van der Waals surface area contributed by atoms with Crippen molar-refractivity contribution in [1.82, 2.24) is 24.3 Å². The van der Waals surface area contributed by atoms with Gasteiger partial charge in [0.25, 0.3) is 11.8 Å². The molecule has 0 radical (unpaired) electrons. The Morgan fingerprint density at radius 2 is 1.95 bits per heavy atom. The van der Waals surface area contributed by atoms with Crippen molar-refractivity contribution in [1.29, 1.82) is 0 Å². The molecular formula is C29H31ClFN5O3. The Labute approximate surface area is 231 Å². The second-order valence-corrected chi connectivity index (χ2v) is 11.0. The molecule has 2 aromatic heterocycles. The van der Waals surface area contributed by atoms with E-state index in [4.69, 9.17) is 21.3 Å². The standard InChI is InChI=1S/C29H31ClFN5O3/c1-17-6-9-19(20(31)15-17)26-27-21(32-24-5-3-4-13-35(24)27)12-14-36(26)25(37)16-39-23-11-10-22(33-28(23)30)29(38)34(2)18-7-8-18/h6,9-11,15,18,26H,3-5,7-8,12-14,16H2,1-2H3. The molecule has 3 aromatic rings. The highest BCUT2D eigenvalue weighted by Gasteiger charge is 2.38. The number of rotatable bonds is 6. The monoisotopic (exact) mass is 551 g/mol. The van der Waals surface area contributed by atoms with Crippen LogP contribution >= 0.6 is 11.6 Å². The van der Waals surface area contributed by atoms with E-state index in [1.54, 1.807) is 35.0 Å². The molecule has 204 valence electrons. The highest BCUT2D eigenvalue weighted by molar-refractivity contribution is 6.31. The van der Waals surface area contributed by atoms with Crippen molar-refractivity contribution in [2.75, 3.05) is 20.2 Å². The Hall–Kier alpha value is -3.46. The number of carbonyl (C=O) groups is 2. The van der Waals surface area contributed by atoms with Crippen molar-refractivity contribution in [2.45, 2.75) is 64.1 Å². The molecule has 1 aromatic carbocycles. The third-order valence-corrected chi connectivity index (χ3v) is 8.20. The fourth-order valence-corrected chi connectivity index (χ4v) is 5.88. The second kappa shape index (κ2) is 10.3. The number of halogens is 2. The van der Waals surface area contributed by atoms with Crippen LogP contribution in [0.15, 0.2) is 30.3 Å². The van der Waals surface area contributed by atoms with Gasteiger partial charge in [0.2, 0.25) is 0 Å². The van der Waals surface area contributed by atoms with Gasteiger partial charge >= 0.3 is 0 Å². The third-order valence-electron chi connectivity index (χ3n) is 7.92. The number of aromatic nitrogens is 3. The van der Waals surface area contributed by atoms with Crippen LogP contribution < -0.4 is 4.74 Å². The van der Waals surface area contributed by atoms with Crippen LogP contribution in [-0.4, -0.2) is 62.4 Å². The van der Waals surface area contributed by atoms with E-state index < -0.39 is 6.04 Å². The molecule has 0 bridgehead atoms. The van der Waals surface area contributed by atoms with Crippen LogP contribution in [0.2, 0.25) is 5.15 Å². The van der Waals surface area contributed by atoms with Gasteiger partial charge in [-0.3, -0.25) is 9.59 Å². The van der Waals surface area contributed by atoms with Gasteiger partial charge in [0.1, 0.15) is 23.4 Å². The van der Waals surface area contributed by atoms with E-state index >= 15 is 4.39 Å². The molecule has 39 heavy (non-hydrogen) atoms. The van der Waals surface area contributed by atoms with E-state index in [1.807, 2.05) is 13.0 Å². The summed E-state index contributed by atoms with van der Waals surface area (Å²) in [7, 11) is 1.76. The Balaban J connectivity index is 1.25. The highest BCUT2D eigenvalue weighted by Crippen LogP contribution is 2.39. The zero-order valence-electron chi connectivity index (χ0n) is 22.1. The lowest BCUT2D eigenvalue weighted by Gasteiger charge is -2.37. The summed E-state index contributed by atoms with van der Waals surface area (Å²) in [5.74, 6) is 0.392. The molecule has 0 N–H and O–H groups in total. The van der Waals surface area contributed by atoms with Crippen LogP contribution in [0.5, 0.6) is 5.75 Å². The number of carbonyl (C=O) groups excluding carboxylic acids is 2. The summed E-state index contributed by atoms with van der Waals surface area (Å²) in [5.41, 5.74) is 3.33. The predicted molar refractivity (Wildman–Crippen MR) is 143 cm³/mol. The second-order valence-electron chi connectivity index (χ2n) is 10.7. The summed E-state index contributed by atoms with van der Waals surface area (Å²) >= 11 is 6.34. The summed E-state index contributed by atoms with van der Waals surface area (Å²) < 4.78 is 23.3. The van der Waals surface area contributed by atoms with Crippen LogP contribution in [0.4, 0.5) is 4.39 Å². The quantitative estimate of drug-likeness (QED) is 0.421. The number of hydrogen-bond donors (Lipinski definition) is 0. The Kier molecular flexibility index (Phi) is 6.79. The Bertz CT molecular complexity index is 1450. The van der Waals surface area contributed by atoms with E-state index in [0.29, 0.717) is 18.5 Å². The molecular weight excluding hydrogens is 521 g/mol. The molecule has 6 rings (SSSR count). The van der Waals surface area contributed by atoms with Gasteiger partial charge in [0.05, 0.1) is 11.4 Å². The van der Waals surface area contributed by atoms with Gasteiger partial charge in [-0.2, -0.15) is 0 Å². The van der Waals surface area contributed by atoms with Crippen LogP contribution in [-0.2, 0) is 24.2 Å². The van der Waals surface area contributed by atoms with Gasteiger partial charge in [-0.1, -0.05) is 23.7 Å². The van der Waals surface area contributed by atoms with E-state index in [9.17, 15) is 9.59 Å². The maximum atomic E-state index is 15.4. The van der Waals surface area contributed by atoms with E-state index in [-0.39, 0.29) is 46.9 Å². The van der Waals surface area contributed by atoms with Crippen molar-refractivity contribution in [3.63, 3.8) is 0 Å². The average molecular weight is 552 g/mol. The number of imidazole rings is 1. The predicted octanol–water partition coefficient (Wildman–Crippen LogP) is 4.50. The molecule has 1 aliphatic carbocycles. The molecule has 2 amide bonds. The molecule has 10 heteroatoms. The van der Waals surface area contributed by atoms with Crippen LogP contribution in [0.1, 0.15) is 70.6 Å². The van der Waals surface area contributed by atoms with Crippen molar-refractivity contribution in [3.8, 4) is 5.75 Å². The fraction of sp³-hybridized carbons (Fsp3) is 0.448. The lowest BCUT2D eigenvalue weighted by atomic mass is 9.93. The number of ether oxygens (including phenoxy) is 1. The minimum atomic E-state index is -0.601. The van der Waals surface area contributed by atoms with Crippen molar-refractivity contribution in [3.05, 3.63) is 75.3 Å². The number of amides is 2. The highest BCUT2D eigenvalue weighted by atomic mass is 35.5. The lowest BCUT2D eigenvalue weighted by molar-refractivity contribution is -0.135. The SMILES string of the molecule is Cc1ccc(C2c3c(nc4n3CCCC4)CCN2C(=O)COc2ccc(C(=O)N(C)C3CC3)nc2Cl)c(F)c1. The van der Waals surface area contributed by atoms with Gasteiger partial charge in [-0.15, -0.1) is 0 Å². The molecule has 1 fully saturated rings. The molecule has 2 aliphatic heterocycles. The summed E-state index contributed by atoms with van der Waals surface area (Å²) in [6, 6.07) is 7.92. The van der Waals surface area contributed by atoms with Crippen LogP contribution in [0.25, 0.3) is 0 Å². The summed E-state index contributed by atoms with van der Waals surface area (Å²) in [4.78, 5) is 38.7. The molecule has 8 nitrogen and oxygen atoms in total. The smallest absolute Gasteiger partial charge is 0.272 e. The van der Waals surface area contributed by atoms with Crippen LogP contribution in [0, 0.1) is 12.7 Å². The number of pyridine rings is 1. The number of hydrogen-bond acceptors (Lipinski definition) is 5. The van der Waals surface area contributed by atoms with E-state index in [1.165, 1.54) is 6.07 Å². The van der Waals surface area contributed by atoms with Gasteiger partial charge in [0.15, 0.2) is 17.5 Å². The zero-order valence-corrected chi connectivity index (χ0v) is 22.9. The topological polar surface area (TPSA) is 80.6 Å². The lowest BCUT2D eigenvalue weighted by Crippen LogP contribution is -2.44. The number of nitrogens with zero attached hydrogens (tertiary/aromatic N) is 5. The molecule has 1 atom stereocenters. The van der Waals surface area contributed by atoms with E-state index in [0.717, 1.165) is 61.4 Å². The van der Waals surface area contributed by atoms with Gasteiger partial charge in [-0.25, -0.2) is 14.4 Å². The molecule has 0 saturated heterocycles. The molecule has 1 saturated carbocycles. The minimum Gasteiger partial charge on any atom is -0.481 e. The maximum absolute atomic E-state index is 15.4. The first-order valence-corrected chi connectivity index (χ1v) is 13.9. The molecule has 1 unspecified atom stereocenters. The summed E-state index contributed by atoms with van der Waals surface area (Å²) in [6.07, 6.45) is 5.56.